The van der Waals surface area contributed by atoms with Crippen molar-refractivity contribution in [3.63, 3.8) is 0 Å². The third kappa shape index (κ3) is 2.37. The number of ether oxygens (including phenoxy) is 1. The standard InChI is InChI=1S/C13H17N3O3S/c1-19-11(17)9-7-2-3-8(6-7)10(9)15-12(18)16-13-14-4-5-20-13/h4-5,7-10H,2-3,6H2,1H3,(H2,14,15,16,18)/t7-,8-,9-,10+/m0/s1. The number of nitrogens with zero attached hydrogens (tertiary/aromatic N) is 1. The molecule has 0 aromatic carbocycles. The zero-order valence-electron chi connectivity index (χ0n) is 11.2. The van der Waals surface area contributed by atoms with Crippen molar-refractivity contribution >= 4 is 28.5 Å². The fourth-order valence-electron chi connectivity index (χ4n) is 3.54. The number of anilines is 1. The molecule has 1 heterocycles. The summed E-state index contributed by atoms with van der Waals surface area (Å²) in [4.78, 5) is 27.9. The van der Waals surface area contributed by atoms with Gasteiger partial charge in [0.25, 0.3) is 0 Å². The number of amides is 2. The highest BCUT2D eigenvalue weighted by Gasteiger charge is 2.52. The van der Waals surface area contributed by atoms with E-state index >= 15 is 0 Å². The molecule has 2 fully saturated rings. The summed E-state index contributed by atoms with van der Waals surface area (Å²) in [5.74, 6) is 0.307. The molecule has 6 nitrogen and oxygen atoms in total. The Kier molecular flexibility index (Phi) is 3.60. The number of rotatable bonds is 3. The van der Waals surface area contributed by atoms with Gasteiger partial charge in [0.2, 0.25) is 0 Å². The van der Waals surface area contributed by atoms with Gasteiger partial charge in [-0.3, -0.25) is 10.1 Å². The zero-order valence-corrected chi connectivity index (χ0v) is 12.0. The lowest BCUT2D eigenvalue weighted by Gasteiger charge is -2.29. The highest BCUT2D eigenvalue weighted by Crippen LogP contribution is 2.48. The van der Waals surface area contributed by atoms with Crippen molar-refractivity contribution in [1.29, 1.82) is 0 Å². The quantitative estimate of drug-likeness (QED) is 0.834. The minimum atomic E-state index is -0.300. The van der Waals surface area contributed by atoms with Crippen LogP contribution in [0.2, 0.25) is 0 Å². The van der Waals surface area contributed by atoms with E-state index in [4.69, 9.17) is 4.74 Å². The molecule has 1 aromatic rings. The lowest BCUT2D eigenvalue weighted by atomic mass is 9.84. The van der Waals surface area contributed by atoms with Crippen LogP contribution >= 0.6 is 11.3 Å². The third-order valence-electron chi connectivity index (χ3n) is 4.34. The number of hydrogen-bond donors (Lipinski definition) is 2. The van der Waals surface area contributed by atoms with Crippen LogP contribution in [0.15, 0.2) is 11.6 Å². The number of hydrogen-bond acceptors (Lipinski definition) is 5. The molecule has 3 rings (SSSR count). The molecular weight excluding hydrogens is 278 g/mol. The molecule has 0 unspecified atom stereocenters. The predicted molar refractivity (Wildman–Crippen MR) is 74.4 cm³/mol. The minimum absolute atomic E-state index is 0.124. The summed E-state index contributed by atoms with van der Waals surface area (Å²) in [7, 11) is 1.40. The van der Waals surface area contributed by atoms with Gasteiger partial charge in [0.15, 0.2) is 5.13 Å². The monoisotopic (exact) mass is 295 g/mol. The maximum atomic E-state index is 12.0. The molecule has 0 radical (unpaired) electrons. The molecule has 0 saturated heterocycles. The molecule has 0 aliphatic heterocycles. The first-order chi connectivity index (χ1) is 9.69. The second-order valence-corrected chi connectivity index (χ2v) is 6.24. The smallest absolute Gasteiger partial charge is 0.321 e. The SMILES string of the molecule is COC(=O)[C@H]1[C@H]2CC[C@@H](C2)[C@H]1NC(=O)Nc1nccs1. The van der Waals surface area contributed by atoms with E-state index < -0.39 is 0 Å². The summed E-state index contributed by atoms with van der Waals surface area (Å²) in [6.07, 6.45) is 4.76. The Bertz CT molecular complexity index is 505. The van der Waals surface area contributed by atoms with Crippen LogP contribution in [0.5, 0.6) is 0 Å². The van der Waals surface area contributed by atoms with Crippen LogP contribution in [-0.2, 0) is 9.53 Å². The third-order valence-corrected chi connectivity index (χ3v) is 5.03. The average Bonchev–Trinajstić information content (AvgIpc) is 3.14. The van der Waals surface area contributed by atoms with Gasteiger partial charge >= 0.3 is 12.0 Å². The molecule has 0 spiro atoms. The Hall–Kier alpha value is -1.63. The summed E-state index contributed by atoms with van der Waals surface area (Å²) in [5, 5.41) is 7.97. The number of methoxy groups -OCH3 is 1. The first-order valence-electron chi connectivity index (χ1n) is 6.74. The van der Waals surface area contributed by atoms with Crippen LogP contribution in [0.4, 0.5) is 9.93 Å². The van der Waals surface area contributed by atoms with Crippen LogP contribution in [0, 0.1) is 17.8 Å². The summed E-state index contributed by atoms with van der Waals surface area (Å²) in [5.41, 5.74) is 0. The summed E-state index contributed by atoms with van der Waals surface area (Å²) < 4.78 is 4.88. The molecule has 1 aromatic heterocycles. The van der Waals surface area contributed by atoms with Gasteiger partial charge in [-0.05, 0) is 31.1 Å². The Balaban J connectivity index is 1.66. The number of carbonyl (C=O) groups is 2. The summed E-state index contributed by atoms with van der Waals surface area (Å²) in [6, 6.07) is -0.424. The minimum Gasteiger partial charge on any atom is -0.469 e. The van der Waals surface area contributed by atoms with E-state index in [0.717, 1.165) is 19.3 Å². The van der Waals surface area contributed by atoms with Crippen LogP contribution in [0.3, 0.4) is 0 Å². The van der Waals surface area contributed by atoms with E-state index in [1.807, 2.05) is 0 Å². The van der Waals surface area contributed by atoms with Gasteiger partial charge in [-0.1, -0.05) is 0 Å². The van der Waals surface area contributed by atoms with E-state index in [1.165, 1.54) is 18.4 Å². The van der Waals surface area contributed by atoms with E-state index in [9.17, 15) is 9.59 Å². The molecule has 2 bridgehead atoms. The molecule has 7 heteroatoms. The fourth-order valence-corrected chi connectivity index (χ4v) is 4.07. The Morgan fingerprint density at radius 3 is 2.90 bits per heavy atom. The second-order valence-electron chi connectivity index (χ2n) is 5.34. The Labute approximate surface area is 120 Å². The largest absolute Gasteiger partial charge is 0.469 e. The van der Waals surface area contributed by atoms with Crippen molar-refractivity contribution < 1.29 is 14.3 Å². The van der Waals surface area contributed by atoms with Crippen molar-refractivity contribution in [3.8, 4) is 0 Å². The van der Waals surface area contributed by atoms with Gasteiger partial charge in [0.1, 0.15) is 0 Å². The Morgan fingerprint density at radius 2 is 2.20 bits per heavy atom. The number of carbonyl (C=O) groups excluding carboxylic acids is 2. The number of aromatic nitrogens is 1. The normalized spacial score (nSPS) is 31.1. The maximum absolute atomic E-state index is 12.0. The second kappa shape index (κ2) is 5.40. The van der Waals surface area contributed by atoms with E-state index in [2.05, 4.69) is 15.6 Å². The number of thiazole rings is 1. The fraction of sp³-hybridized carbons (Fsp3) is 0.615. The number of urea groups is 1. The Morgan fingerprint density at radius 1 is 1.40 bits per heavy atom. The van der Waals surface area contributed by atoms with E-state index in [0.29, 0.717) is 17.0 Å². The van der Waals surface area contributed by atoms with Crippen LogP contribution < -0.4 is 10.6 Å². The van der Waals surface area contributed by atoms with Crippen LogP contribution in [-0.4, -0.2) is 30.1 Å². The first-order valence-corrected chi connectivity index (χ1v) is 7.62. The summed E-state index contributed by atoms with van der Waals surface area (Å²) in [6.45, 7) is 0. The van der Waals surface area contributed by atoms with Gasteiger partial charge in [-0.25, -0.2) is 9.78 Å². The van der Waals surface area contributed by atoms with Crippen molar-refractivity contribution in [2.75, 3.05) is 12.4 Å². The number of esters is 1. The summed E-state index contributed by atoms with van der Waals surface area (Å²) >= 11 is 1.36. The molecule has 2 saturated carbocycles. The van der Waals surface area contributed by atoms with Crippen LogP contribution in [0.1, 0.15) is 19.3 Å². The maximum Gasteiger partial charge on any atom is 0.321 e. The van der Waals surface area contributed by atoms with E-state index in [-0.39, 0.29) is 24.0 Å². The van der Waals surface area contributed by atoms with Gasteiger partial charge in [0.05, 0.1) is 13.0 Å². The number of fused-ring (bicyclic) bond motifs is 2. The molecule has 2 aliphatic carbocycles. The molecule has 2 amide bonds. The molecule has 108 valence electrons. The molecule has 2 aliphatic rings. The topological polar surface area (TPSA) is 80.3 Å². The zero-order chi connectivity index (χ0) is 14.1. The van der Waals surface area contributed by atoms with Crippen molar-refractivity contribution in [2.24, 2.45) is 17.8 Å². The average molecular weight is 295 g/mol. The highest BCUT2D eigenvalue weighted by molar-refractivity contribution is 7.13. The van der Waals surface area contributed by atoms with Gasteiger partial charge in [-0.15, -0.1) is 11.3 Å². The van der Waals surface area contributed by atoms with Gasteiger partial charge < -0.3 is 10.1 Å². The lowest BCUT2D eigenvalue weighted by Crippen LogP contribution is -2.48. The van der Waals surface area contributed by atoms with Crippen molar-refractivity contribution in [1.82, 2.24) is 10.3 Å². The first kappa shape index (κ1) is 13.4. The van der Waals surface area contributed by atoms with Crippen LogP contribution in [0.25, 0.3) is 0 Å². The molecule has 20 heavy (non-hydrogen) atoms. The predicted octanol–water partition coefficient (Wildman–Crippen LogP) is 1.85. The van der Waals surface area contributed by atoms with Crippen molar-refractivity contribution in [3.05, 3.63) is 11.6 Å². The van der Waals surface area contributed by atoms with Gasteiger partial charge in [-0.2, -0.15) is 0 Å². The number of nitrogens with one attached hydrogen (secondary N) is 2. The lowest BCUT2D eigenvalue weighted by molar-refractivity contribution is -0.148. The molecular formula is C13H17N3O3S. The molecule has 4 atom stereocenters. The van der Waals surface area contributed by atoms with E-state index in [1.54, 1.807) is 11.6 Å². The molecule has 2 N–H and O–H groups in total. The van der Waals surface area contributed by atoms with Gasteiger partial charge in [0, 0.05) is 17.6 Å². The highest BCUT2D eigenvalue weighted by atomic mass is 32.1. The van der Waals surface area contributed by atoms with Crippen molar-refractivity contribution in [2.45, 2.75) is 25.3 Å².